The Labute approximate surface area is 108 Å². The maximum absolute atomic E-state index is 13.3. The first-order chi connectivity index (χ1) is 8.47. The monoisotopic (exact) mass is 291 g/mol. The molecule has 4 nitrogen and oxygen atoms in total. The average Bonchev–Trinajstić information content (AvgIpc) is 2.65. The average molecular weight is 292 g/mol. The van der Waals surface area contributed by atoms with Gasteiger partial charge in [-0.2, -0.15) is 4.98 Å². The van der Waals surface area contributed by atoms with E-state index in [1.54, 1.807) is 0 Å². The SMILES string of the molecule is O=C(O)c1sc(Oc2cc(F)ccc2F)nc1Cl. The van der Waals surface area contributed by atoms with Crippen molar-refractivity contribution in [1.29, 1.82) is 0 Å². The number of carboxylic acids is 1. The minimum Gasteiger partial charge on any atom is -0.477 e. The molecule has 8 heteroatoms. The molecule has 1 heterocycles. The van der Waals surface area contributed by atoms with Crippen molar-refractivity contribution in [2.24, 2.45) is 0 Å². The molecular weight excluding hydrogens is 288 g/mol. The van der Waals surface area contributed by atoms with Gasteiger partial charge >= 0.3 is 5.97 Å². The lowest BCUT2D eigenvalue weighted by atomic mass is 10.3. The highest BCUT2D eigenvalue weighted by molar-refractivity contribution is 7.15. The third-order valence-corrected chi connectivity index (χ3v) is 3.16. The molecule has 0 atom stereocenters. The number of halogens is 3. The smallest absolute Gasteiger partial charge is 0.349 e. The number of aromatic nitrogens is 1. The molecule has 1 N–H and O–H groups in total. The maximum Gasteiger partial charge on any atom is 0.349 e. The van der Waals surface area contributed by atoms with E-state index >= 15 is 0 Å². The van der Waals surface area contributed by atoms with Gasteiger partial charge in [0.2, 0.25) is 0 Å². The van der Waals surface area contributed by atoms with Gasteiger partial charge < -0.3 is 9.84 Å². The van der Waals surface area contributed by atoms with Crippen molar-refractivity contribution in [3.8, 4) is 10.9 Å². The molecule has 0 fully saturated rings. The first kappa shape index (κ1) is 12.7. The van der Waals surface area contributed by atoms with Crippen LogP contribution in [0.3, 0.4) is 0 Å². The Hall–Kier alpha value is -1.73. The third kappa shape index (κ3) is 2.57. The van der Waals surface area contributed by atoms with Gasteiger partial charge in [0.1, 0.15) is 5.82 Å². The summed E-state index contributed by atoms with van der Waals surface area (Å²) in [7, 11) is 0. The van der Waals surface area contributed by atoms with Crippen LogP contribution in [0.1, 0.15) is 9.67 Å². The molecular formula is C10H4ClF2NO3S. The number of carbonyl (C=O) groups is 1. The lowest BCUT2D eigenvalue weighted by Gasteiger charge is -2.02. The van der Waals surface area contributed by atoms with Crippen molar-refractivity contribution in [1.82, 2.24) is 4.98 Å². The van der Waals surface area contributed by atoms with Crippen LogP contribution in [0.25, 0.3) is 0 Å². The van der Waals surface area contributed by atoms with Crippen molar-refractivity contribution < 1.29 is 23.4 Å². The Morgan fingerprint density at radius 1 is 1.44 bits per heavy atom. The molecule has 2 rings (SSSR count). The summed E-state index contributed by atoms with van der Waals surface area (Å²) in [5.74, 6) is -3.14. The number of nitrogens with zero attached hydrogens (tertiary/aromatic N) is 1. The van der Waals surface area contributed by atoms with E-state index in [0.717, 1.165) is 18.2 Å². The van der Waals surface area contributed by atoms with Crippen LogP contribution in [0.2, 0.25) is 5.15 Å². The number of hydrogen-bond donors (Lipinski definition) is 1. The highest BCUT2D eigenvalue weighted by Gasteiger charge is 2.18. The number of aromatic carboxylic acids is 1. The van der Waals surface area contributed by atoms with Crippen molar-refractivity contribution in [2.75, 3.05) is 0 Å². The predicted octanol–water partition coefficient (Wildman–Crippen LogP) is 3.57. The summed E-state index contributed by atoms with van der Waals surface area (Å²) in [6.45, 7) is 0. The van der Waals surface area contributed by atoms with Gasteiger partial charge in [0.05, 0.1) is 0 Å². The summed E-state index contributed by atoms with van der Waals surface area (Å²) in [6, 6.07) is 2.64. The predicted molar refractivity (Wildman–Crippen MR) is 60.5 cm³/mol. The molecule has 94 valence electrons. The molecule has 1 aromatic carbocycles. The molecule has 0 spiro atoms. The number of hydrogen-bond acceptors (Lipinski definition) is 4. The minimum atomic E-state index is -1.27. The fraction of sp³-hybridized carbons (Fsp3) is 0. The quantitative estimate of drug-likeness (QED) is 0.939. The van der Waals surface area contributed by atoms with Gasteiger partial charge in [-0.1, -0.05) is 22.9 Å². The molecule has 0 radical (unpaired) electrons. The largest absolute Gasteiger partial charge is 0.477 e. The number of thiazole rings is 1. The topological polar surface area (TPSA) is 59.4 Å². The molecule has 0 aliphatic carbocycles. The fourth-order valence-electron chi connectivity index (χ4n) is 1.11. The molecule has 0 aliphatic rings. The van der Waals surface area contributed by atoms with Gasteiger partial charge in [0.15, 0.2) is 21.6 Å². The lowest BCUT2D eigenvalue weighted by molar-refractivity contribution is 0.0702. The minimum absolute atomic E-state index is 0.179. The third-order valence-electron chi connectivity index (χ3n) is 1.85. The van der Waals surface area contributed by atoms with Crippen LogP contribution in [0.4, 0.5) is 8.78 Å². The molecule has 0 amide bonds. The van der Waals surface area contributed by atoms with E-state index in [4.69, 9.17) is 21.4 Å². The zero-order valence-electron chi connectivity index (χ0n) is 8.49. The summed E-state index contributed by atoms with van der Waals surface area (Å²) >= 11 is 6.17. The van der Waals surface area contributed by atoms with E-state index < -0.39 is 23.4 Å². The van der Waals surface area contributed by atoms with Gasteiger partial charge in [-0.3, -0.25) is 0 Å². The van der Waals surface area contributed by atoms with Crippen LogP contribution in [-0.2, 0) is 0 Å². The van der Waals surface area contributed by atoms with Gasteiger partial charge in [0, 0.05) is 6.07 Å². The van der Waals surface area contributed by atoms with Crippen LogP contribution < -0.4 is 4.74 Å². The Morgan fingerprint density at radius 2 is 2.17 bits per heavy atom. The van der Waals surface area contributed by atoms with Crippen molar-refractivity contribution in [2.45, 2.75) is 0 Å². The lowest BCUT2D eigenvalue weighted by Crippen LogP contribution is -1.91. The van der Waals surface area contributed by atoms with Crippen LogP contribution in [-0.4, -0.2) is 16.1 Å². The standard InChI is InChI=1S/C10H4ClF2NO3S/c11-8-7(9(15)16)18-10(14-8)17-6-3-4(12)1-2-5(6)13/h1-3H,(H,15,16). The van der Waals surface area contributed by atoms with Gasteiger partial charge in [-0.15, -0.1) is 0 Å². The number of carboxylic acid groups (broad SMARTS) is 1. The number of benzene rings is 1. The van der Waals surface area contributed by atoms with E-state index in [-0.39, 0.29) is 15.2 Å². The van der Waals surface area contributed by atoms with E-state index in [9.17, 15) is 13.6 Å². The van der Waals surface area contributed by atoms with E-state index in [2.05, 4.69) is 4.98 Å². The summed E-state index contributed by atoms with van der Waals surface area (Å²) in [4.78, 5) is 14.1. The maximum atomic E-state index is 13.3. The van der Waals surface area contributed by atoms with Crippen LogP contribution in [0.5, 0.6) is 10.9 Å². The molecule has 0 bridgehead atoms. The Balaban J connectivity index is 2.31. The highest BCUT2D eigenvalue weighted by Crippen LogP contribution is 2.33. The molecule has 18 heavy (non-hydrogen) atoms. The Kier molecular flexibility index (Phi) is 3.44. The van der Waals surface area contributed by atoms with Crippen molar-refractivity contribution >= 4 is 28.9 Å². The summed E-state index contributed by atoms with van der Waals surface area (Å²) in [5.41, 5.74) is 0. The second-order valence-corrected chi connectivity index (χ2v) is 4.40. The second-order valence-electron chi connectivity index (χ2n) is 3.08. The first-order valence-corrected chi connectivity index (χ1v) is 5.69. The van der Waals surface area contributed by atoms with Crippen LogP contribution in [0, 0.1) is 11.6 Å². The zero-order valence-corrected chi connectivity index (χ0v) is 10.1. The Bertz CT molecular complexity index is 617. The number of ether oxygens (including phenoxy) is 1. The summed E-state index contributed by atoms with van der Waals surface area (Å²) in [6.07, 6.45) is 0. The molecule has 2 aromatic rings. The van der Waals surface area contributed by atoms with Crippen LogP contribution >= 0.6 is 22.9 Å². The van der Waals surface area contributed by atoms with Gasteiger partial charge in [-0.05, 0) is 12.1 Å². The summed E-state index contributed by atoms with van der Waals surface area (Å²) in [5, 5.41) is 8.30. The van der Waals surface area contributed by atoms with E-state index in [0.29, 0.717) is 11.3 Å². The van der Waals surface area contributed by atoms with Gasteiger partial charge in [0.25, 0.3) is 5.19 Å². The molecule has 1 aromatic heterocycles. The molecule has 0 saturated heterocycles. The van der Waals surface area contributed by atoms with Gasteiger partial charge in [-0.25, -0.2) is 13.6 Å². The van der Waals surface area contributed by atoms with Crippen molar-refractivity contribution in [3.63, 3.8) is 0 Å². The summed E-state index contributed by atoms with van der Waals surface area (Å²) < 4.78 is 31.1. The highest BCUT2D eigenvalue weighted by atomic mass is 35.5. The normalized spacial score (nSPS) is 10.4. The molecule has 0 saturated carbocycles. The number of rotatable bonds is 3. The van der Waals surface area contributed by atoms with E-state index in [1.807, 2.05) is 0 Å². The van der Waals surface area contributed by atoms with Crippen LogP contribution in [0.15, 0.2) is 18.2 Å². The second kappa shape index (κ2) is 4.87. The van der Waals surface area contributed by atoms with E-state index in [1.165, 1.54) is 0 Å². The Morgan fingerprint density at radius 3 is 2.78 bits per heavy atom. The fourth-order valence-corrected chi connectivity index (χ4v) is 2.09. The first-order valence-electron chi connectivity index (χ1n) is 4.50. The van der Waals surface area contributed by atoms with Crippen molar-refractivity contribution in [3.05, 3.63) is 39.9 Å². The zero-order chi connectivity index (χ0) is 13.3. The molecule has 0 aliphatic heterocycles. The molecule has 0 unspecified atom stereocenters.